The molecular formula is C13H20N2OS. The number of likely N-dealkylation sites (tertiary alicyclic amines) is 1. The van der Waals surface area contributed by atoms with Crippen LogP contribution in [-0.4, -0.2) is 36.2 Å². The second kappa shape index (κ2) is 4.69. The minimum atomic E-state index is 0.172. The third-order valence-corrected chi connectivity index (χ3v) is 4.74. The van der Waals surface area contributed by atoms with Crippen molar-refractivity contribution in [3.63, 3.8) is 0 Å². The maximum atomic E-state index is 6.19. The van der Waals surface area contributed by atoms with Gasteiger partial charge in [-0.05, 0) is 31.2 Å². The Hall–Kier alpha value is -0.420. The number of nitrogens with zero attached hydrogens (tertiary/aromatic N) is 1. The van der Waals surface area contributed by atoms with E-state index in [1.807, 2.05) is 11.3 Å². The average Bonchev–Trinajstić information content (AvgIpc) is 2.89. The SMILES string of the molecule is CC(N)C(c1cccs1)N1CC2CCC(C1)O2. The Morgan fingerprint density at radius 3 is 2.65 bits per heavy atom. The molecule has 3 rings (SSSR count). The van der Waals surface area contributed by atoms with Gasteiger partial charge in [-0.2, -0.15) is 0 Å². The summed E-state index contributed by atoms with van der Waals surface area (Å²) in [4.78, 5) is 3.92. The van der Waals surface area contributed by atoms with Gasteiger partial charge in [0, 0.05) is 24.0 Å². The standard InChI is InChI=1S/C13H20N2OS/c1-9(14)13(12-3-2-6-17-12)15-7-10-4-5-11(8-15)16-10/h2-3,6,9-11,13H,4-5,7-8,14H2,1H3. The van der Waals surface area contributed by atoms with Gasteiger partial charge in [-0.1, -0.05) is 6.07 Å². The van der Waals surface area contributed by atoms with E-state index in [-0.39, 0.29) is 6.04 Å². The molecule has 4 atom stereocenters. The van der Waals surface area contributed by atoms with Gasteiger partial charge in [-0.3, -0.25) is 4.90 Å². The van der Waals surface area contributed by atoms with Crippen LogP contribution in [0.1, 0.15) is 30.7 Å². The number of ether oxygens (including phenoxy) is 1. The normalized spacial score (nSPS) is 32.6. The smallest absolute Gasteiger partial charge is 0.0707 e. The molecule has 1 aromatic rings. The van der Waals surface area contributed by atoms with E-state index in [2.05, 4.69) is 29.3 Å². The minimum absolute atomic E-state index is 0.172. The summed E-state index contributed by atoms with van der Waals surface area (Å²) in [6.07, 6.45) is 3.32. The zero-order valence-corrected chi connectivity index (χ0v) is 11.0. The first-order valence-corrected chi connectivity index (χ1v) is 7.30. The summed E-state index contributed by atoms with van der Waals surface area (Å²) in [5.41, 5.74) is 6.19. The molecule has 0 saturated carbocycles. The summed E-state index contributed by atoms with van der Waals surface area (Å²) in [6.45, 7) is 4.20. The van der Waals surface area contributed by atoms with Gasteiger partial charge in [0.1, 0.15) is 0 Å². The Kier molecular flexibility index (Phi) is 3.21. The summed E-state index contributed by atoms with van der Waals surface area (Å²) in [5.74, 6) is 0. The fourth-order valence-corrected chi connectivity index (χ4v) is 4.08. The molecule has 0 radical (unpaired) electrons. The van der Waals surface area contributed by atoms with E-state index in [1.165, 1.54) is 17.7 Å². The molecule has 0 aromatic carbocycles. The zero-order valence-electron chi connectivity index (χ0n) is 10.2. The molecule has 0 spiro atoms. The van der Waals surface area contributed by atoms with Crippen LogP contribution in [0.4, 0.5) is 0 Å². The van der Waals surface area contributed by atoms with E-state index in [0.717, 1.165) is 13.1 Å². The summed E-state index contributed by atoms with van der Waals surface area (Å²) in [6, 6.07) is 4.86. The molecule has 0 aliphatic carbocycles. The van der Waals surface area contributed by atoms with Crippen molar-refractivity contribution in [2.45, 2.75) is 44.1 Å². The van der Waals surface area contributed by atoms with Gasteiger partial charge in [0.15, 0.2) is 0 Å². The fourth-order valence-electron chi connectivity index (χ4n) is 3.10. The molecule has 2 fully saturated rings. The third-order valence-electron chi connectivity index (χ3n) is 3.80. The van der Waals surface area contributed by atoms with Gasteiger partial charge in [0.25, 0.3) is 0 Å². The molecule has 4 heteroatoms. The number of hydrogen-bond donors (Lipinski definition) is 1. The van der Waals surface area contributed by atoms with E-state index in [1.54, 1.807) is 0 Å². The summed E-state index contributed by atoms with van der Waals surface area (Å²) >= 11 is 1.81. The lowest BCUT2D eigenvalue weighted by molar-refractivity contribution is -0.0554. The molecule has 2 aliphatic rings. The molecule has 2 saturated heterocycles. The highest BCUT2D eigenvalue weighted by Crippen LogP contribution is 2.34. The number of fused-ring (bicyclic) bond motifs is 2. The highest BCUT2D eigenvalue weighted by Gasteiger charge is 2.38. The van der Waals surface area contributed by atoms with Crippen molar-refractivity contribution in [3.8, 4) is 0 Å². The first-order chi connectivity index (χ1) is 8.24. The first kappa shape index (κ1) is 11.7. The predicted molar refractivity (Wildman–Crippen MR) is 70.2 cm³/mol. The molecule has 0 amide bonds. The summed E-state index contributed by atoms with van der Waals surface area (Å²) in [7, 11) is 0. The topological polar surface area (TPSA) is 38.5 Å². The van der Waals surface area contributed by atoms with Gasteiger partial charge >= 0.3 is 0 Å². The predicted octanol–water partition coefficient (Wildman–Crippen LogP) is 2.00. The first-order valence-electron chi connectivity index (χ1n) is 6.42. The van der Waals surface area contributed by atoms with Gasteiger partial charge < -0.3 is 10.5 Å². The summed E-state index contributed by atoms with van der Waals surface area (Å²) in [5, 5.41) is 2.14. The van der Waals surface area contributed by atoms with Gasteiger partial charge in [0.2, 0.25) is 0 Å². The largest absolute Gasteiger partial charge is 0.372 e. The average molecular weight is 252 g/mol. The van der Waals surface area contributed by atoms with E-state index in [9.17, 15) is 0 Å². The van der Waals surface area contributed by atoms with Crippen LogP contribution in [0.3, 0.4) is 0 Å². The van der Waals surface area contributed by atoms with E-state index < -0.39 is 0 Å². The Labute approximate surface area is 107 Å². The van der Waals surface area contributed by atoms with Crippen molar-refractivity contribution < 1.29 is 4.74 Å². The van der Waals surface area contributed by atoms with Crippen molar-refractivity contribution in [3.05, 3.63) is 22.4 Å². The molecule has 4 unspecified atom stereocenters. The Bertz CT molecular complexity index is 354. The quantitative estimate of drug-likeness (QED) is 0.894. The van der Waals surface area contributed by atoms with Crippen LogP contribution in [0.5, 0.6) is 0 Å². The van der Waals surface area contributed by atoms with Crippen molar-refractivity contribution >= 4 is 11.3 Å². The number of morpholine rings is 1. The lowest BCUT2D eigenvalue weighted by Gasteiger charge is -2.39. The number of thiophene rings is 1. The monoisotopic (exact) mass is 252 g/mol. The molecular weight excluding hydrogens is 232 g/mol. The van der Waals surface area contributed by atoms with Crippen molar-refractivity contribution in [1.29, 1.82) is 0 Å². The van der Waals surface area contributed by atoms with Crippen molar-refractivity contribution in [2.75, 3.05) is 13.1 Å². The number of rotatable bonds is 3. The molecule has 17 heavy (non-hydrogen) atoms. The van der Waals surface area contributed by atoms with Crippen LogP contribution in [0.25, 0.3) is 0 Å². The van der Waals surface area contributed by atoms with Crippen LogP contribution in [0.15, 0.2) is 17.5 Å². The lowest BCUT2D eigenvalue weighted by atomic mass is 10.1. The second-order valence-corrected chi connectivity index (χ2v) is 6.21. The van der Waals surface area contributed by atoms with E-state index in [0.29, 0.717) is 18.2 Å². The Morgan fingerprint density at radius 1 is 1.41 bits per heavy atom. The van der Waals surface area contributed by atoms with E-state index >= 15 is 0 Å². The van der Waals surface area contributed by atoms with E-state index in [4.69, 9.17) is 10.5 Å². The number of hydrogen-bond acceptors (Lipinski definition) is 4. The zero-order chi connectivity index (χ0) is 11.8. The van der Waals surface area contributed by atoms with Gasteiger partial charge in [0.05, 0.1) is 18.2 Å². The van der Waals surface area contributed by atoms with Gasteiger partial charge in [-0.25, -0.2) is 0 Å². The maximum absolute atomic E-state index is 6.19. The second-order valence-electron chi connectivity index (χ2n) is 5.23. The highest BCUT2D eigenvalue weighted by atomic mass is 32.1. The summed E-state index contributed by atoms with van der Waals surface area (Å²) < 4.78 is 5.90. The molecule has 94 valence electrons. The lowest BCUT2D eigenvalue weighted by Crippen LogP contribution is -2.48. The van der Waals surface area contributed by atoms with Crippen LogP contribution >= 0.6 is 11.3 Å². The maximum Gasteiger partial charge on any atom is 0.0707 e. The third kappa shape index (κ3) is 2.27. The van der Waals surface area contributed by atoms with Crippen molar-refractivity contribution in [1.82, 2.24) is 4.90 Å². The molecule has 2 aliphatic heterocycles. The van der Waals surface area contributed by atoms with Crippen LogP contribution in [-0.2, 0) is 4.74 Å². The molecule has 2 bridgehead atoms. The molecule has 3 heterocycles. The van der Waals surface area contributed by atoms with Crippen LogP contribution < -0.4 is 5.73 Å². The highest BCUT2D eigenvalue weighted by molar-refractivity contribution is 7.10. The van der Waals surface area contributed by atoms with Crippen LogP contribution in [0.2, 0.25) is 0 Å². The van der Waals surface area contributed by atoms with Crippen LogP contribution in [0, 0.1) is 0 Å². The molecule has 3 nitrogen and oxygen atoms in total. The Balaban J connectivity index is 1.80. The molecule has 2 N–H and O–H groups in total. The number of nitrogens with two attached hydrogens (primary N) is 1. The van der Waals surface area contributed by atoms with Gasteiger partial charge in [-0.15, -0.1) is 11.3 Å². The Morgan fingerprint density at radius 2 is 2.12 bits per heavy atom. The minimum Gasteiger partial charge on any atom is -0.372 e. The fraction of sp³-hybridized carbons (Fsp3) is 0.692. The van der Waals surface area contributed by atoms with Crippen molar-refractivity contribution in [2.24, 2.45) is 5.73 Å². The molecule has 1 aromatic heterocycles.